The number of nitrogens with zero attached hydrogens (tertiary/aromatic N) is 2. The van der Waals surface area contributed by atoms with Crippen molar-refractivity contribution in [1.82, 2.24) is 9.13 Å². The zero-order valence-corrected chi connectivity index (χ0v) is 17.8. The van der Waals surface area contributed by atoms with Crippen LogP contribution in [-0.2, 0) is 7.05 Å². The molecule has 146 valence electrons. The second-order valence-corrected chi connectivity index (χ2v) is 8.58. The van der Waals surface area contributed by atoms with Crippen LogP contribution in [0.1, 0.15) is 16.7 Å². The van der Waals surface area contributed by atoms with Crippen LogP contribution >= 0.6 is 0 Å². The second kappa shape index (κ2) is 5.99. The van der Waals surface area contributed by atoms with Gasteiger partial charge in [-0.1, -0.05) is 41.5 Å². The first-order valence-corrected chi connectivity index (χ1v) is 10.5. The van der Waals surface area contributed by atoms with E-state index in [9.17, 15) is 0 Å². The number of hydrogen-bond donors (Lipinski definition) is 0. The van der Waals surface area contributed by atoms with Gasteiger partial charge >= 0.3 is 0 Å². The maximum Gasteiger partial charge on any atom is 0.0549 e. The third-order valence-electron chi connectivity index (χ3n) is 6.57. The molecule has 0 saturated carbocycles. The van der Waals surface area contributed by atoms with E-state index >= 15 is 0 Å². The van der Waals surface area contributed by atoms with Crippen LogP contribution in [-0.4, -0.2) is 9.13 Å². The Balaban J connectivity index is 1.94. The van der Waals surface area contributed by atoms with Crippen molar-refractivity contribution >= 4 is 43.6 Å². The molecular weight excluding hydrogens is 364 g/mol. The molecule has 6 aromatic rings. The minimum absolute atomic E-state index is 1.25. The molecule has 0 fully saturated rings. The standard InChI is InChI=1S/C28H24N2/c1-17-9-11-23-20(15-17)27-25(29(23)4)13-14-26-28(27)21-16-18(2)10-12-24(21)30(26)22-8-6-5-7-19(22)3/h5-16H,1-4H3. The summed E-state index contributed by atoms with van der Waals surface area (Å²) in [6.07, 6.45) is 0. The Bertz CT molecular complexity index is 1630. The van der Waals surface area contributed by atoms with Crippen LogP contribution in [0.4, 0.5) is 0 Å². The third kappa shape index (κ3) is 2.19. The molecule has 0 aliphatic carbocycles. The maximum absolute atomic E-state index is 2.44. The van der Waals surface area contributed by atoms with Crippen molar-refractivity contribution < 1.29 is 0 Å². The highest BCUT2D eigenvalue weighted by molar-refractivity contribution is 6.28. The average molecular weight is 389 g/mol. The van der Waals surface area contributed by atoms with E-state index in [2.05, 4.69) is 110 Å². The van der Waals surface area contributed by atoms with Crippen LogP contribution in [0.15, 0.2) is 72.8 Å². The van der Waals surface area contributed by atoms with Gasteiger partial charge in [0.15, 0.2) is 0 Å². The Kier molecular flexibility index (Phi) is 3.47. The monoisotopic (exact) mass is 388 g/mol. The summed E-state index contributed by atoms with van der Waals surface area (Å²) in [7, 11) is 2.18. The molecule has 2 aromatic heterocycles. The number of para-hydroxylation sites is 1. The molecular formula is C28H24N2. The van der Waals surface area contributed by atoms with Crippen molar-refractivity contribution in [2.45, 2.75) is 20.8 Å². The van der Waals surface area contributed by atoms with E-state index in [1.165, 1.54) is 66.0 Å². The van der Waals surface area contributed by atoms with Gasteiger partial charge in [-0.2, -0.15) is 0 Å². The van der Waals surface area contributed by atoms with E-state index in [1.807, 2.05) is 0 Å². The highest BCUT2D eigenvalue weighted by atomic mass is 15.0. The van der Waals surface area contributed by atoms with Crippen molar-refractivity contribution in [2.75, 3.05) is 0 Å². The topological polar surface area (TPSA) is 9.86 Å². The van der Waals surface area contributed by atoms with E-state index in [1.54, 1.807) is 0 Å². The van der Waals surface area contributed by atoms with Gasteiger partial charge in [-0.05, 0) is 68.8 Å². The fourth-order valence-electron chi connectivity index (χ4n) is 5.11. The molecule has 6 rings (SSSR count). The molecule has 2 heterocycles. The van der Waals surface area contributed by atoms with Crippen molar-refractivity contribution in [1.29, 1.82) is 0 Å². The molecule has 4 aromatic carbocycles. The summed E-state index contributed by atoms with van der Waals surface area (Å²) < 4.78 is 4.77. The fraction of sp³-hybridized carbons (Fsp3) is 0.143. The quantitative estimate of drug-likeness (QED) is 0.279. The normalized spacial score (nSPS) is 12.0. The number of hydrogen-bond acceptors (Lipinski definition) is 0. The number of aryl methyl sites for hydroxylation is 4. The molecule has 30 heavy (non-hydrogen) atoms. The summed E-state index contributed by atoms with van der Waals surface area (Å²) in [5, 5.41) is 5.37. The van der Waals surface area contributed by atoms with Crippen LogP contribution < -0.4 is 0 Å². The molecule has 0 aliphatic rings. The van der Waals surface area contributed by atoms with E-state index in [0.29, 0.717) is 0 Å². The maximum atomic E-state index is 2.44. The molecule has 0 unspecified atom stereocenters. The lowest BCUT2D eigenvalue weighted by molar-refractivity contribution is 1.01. The molecule has 0 aliphatic heterocycles. The van der Waals surface area contributed by atoms with Crippen molar-refractivity contribution in [3.05, 3.63) is 89.5 Å². The predicted octanol–water partition coefficient (Wildman–Crippen LogP) is 7.35. The molecule has 0 spiro atoms. The van der Waals surface area contributed by atoms with Crippen molar-refractivity contribution in [3.8, 4) is 5.69 Å². The first-order valence-electron chi connectivity index (χ1n) is 10.5. The Labute approximate surface area is 176 Å². The number of aromatic nitrogens is 2. The molecule has 0 N–H and O–H groups in total. The lowest BCUT2D eigenvalue weighted by Crippen LogP contribution is -1.96. The smallest absolute Gasteiger partial charge is 0.0549 e. The lowest BCUT2D eigenvalue weighted by atomic mass is 10.0. The van der Waals surface area contributed by atoms with Crippen LogP contribution in [0.5, 0.6) is 0 Å². The first kappa shape index (κ1) is 17.3. The van der Waals surface area contributed by atoms with Gasteiger partial charge in [0.05, 0.1) is 11.0 Å². The van der Waals surface area contributed by atoms with Crippen molar-refractivity contribution in [3.63, 3.8) is 0 Å². The minimum Gasteiger partial charge on any atom is -0.344 e. The zero-order valence-electron chi connectivity index (χ0n) is 17.8. The molecule has 0 atom stereocenters. The van der Waals surface area contributed by atoms with Crippen LogP contribution in [0.25, 0.3) is 49.3 Å². The van der Waals surface area contributed by atoms with Gasteiger partial charge in [0.25, 0.3) is 0 Å². The van der Waals surface area contributed by atoms with E-state index < -0.39 is 0 Å². The van der Waals surface area contributed by atoms with Crippen LogP contribution in [0.2, 0.25) is 0 Å². The molecule has 0 saturated heterocycles. The average Bonchev–Trinajstić information content (AvgIpc) is 3.20. The highest BCUT2D eigenvalue weighted by Crippen LogP contribution is 2.41. The van der Waals surface area contributed by atoms with Gasteiger partial charge in [0.2, 0.25) is 0 Å². The zero-order chi connectivity index (χ0) is 20.6. The molecule has 2 nitrogen and oxygen atoms in total. The SMILES string of the molecule is Cc1ccc2c(c1)c1c3c4cc(C)ccc4n(-c4ccccc4C)c3ccc1n2C. The van der Waals surface area contributed by atoms with Gasteiger partial charge in [-0.25, -0.2) is 0 Å². The minimum atomic E-state index is 1.25. The number of rotatable bonds is 1. The predicted molar refractivity (Wildman–Crippen MR) is 129 cm³/mol. The summed E-state index contributed by atoms with van der Waals surface area (Å²) in [4.78, 5) is 0. The Morgan fingerprint density at radius 1 is 0.567 bits per heavy atom. The van der Waals surface area contributed by atoms with Gasteiger partial charge in [0, 0.05) is 45.3 Å². The van der Waals surface area contributed by atoms with Gasteiger partial charge in [0.1, 0.15) is 0 Å². The van der Waals surface area contributed by atoms with Gasteiger partial charge < -0.3 is 9.13 Å². The second-order valence-electron chi connectivity index (χ2n) is 8.58. The van der Waals surface area contributed by atoms with Crippen LogP contribution in [0.3, 0.4) is 0 Å². The molecule has 0 amide bonds. The van der Waals surface area contributed by atoms with E-state index in [4.69, 9.17) is 0 Å². The summed E-state index contributed by atoms with van der Waals surface area (Å²) in [6, 6.07) is 26.9. The summed E-state index contributed by atoms with van der Waals surface area (Å²) in [5.41, 5.74) is 10.2. The number of fused-ring (bicyclic) bond motifs is 7. The summed E-state index contributed by atoms with van der Waals surface area (Å²) in [6.45, 7) is 6.56. The van der Waals surface area contributed by atoms with E-state index in [-0.39, 0.29) is 0 Å². The first-order chi connectivity index (χ1) is 14.5. The number of benzene rings is 4. The largest absolute Gasteiger partial charge is 0.344 e. The Morgan fingerprint density at radius 2 is 1.13 bits per heavy atom. The highest BCUT2D eigenvalue weighted by Gasteiger charge is 2.19. The molecule has 2 heteroatoms. The third-order valence-corrected chi connectivity index (χ3v) is 6.57. The molecule has 0 bridgehead atoms. The Morgan fingerprint density at radius 3 is 1.87 bits per heavy atom. The molecule has 0 radical (unpaired) electrons. The fourth-order valence-corrected chi connectivity index (χ4v) is 5.11. The summed E-state index contributed by atoms with van der Waals surface area (Å²) in [5.74, 6) is 0. The van der Waals surface area contributed by atoms with E-state index in [0.717, 1.165) is 0 Å². The summed E-state index contributed by atoms with van der Waals surface area (Å²) >= 11 is 0. The lowest BCUT2D eigenvalue weighted by Gasteiger charge is -2.11. The Hall–Kier alpha value is -3.52. The van der Waals surface area contributed by atoms with Crippen LogP contribution in [0, 0.1) is 20.8 Å². The van der Waals surface area contributed by atoms with Gasteiger partial charge in [-0.15, -0.1) is 0 Å². The van der Waals surface area contributed by atoms with Crippen molar-refractivity contribution in [2.24, 2.45) is 7.05 Å². The van der Waals surface area contributed by atoms with Gasteiger partial charge in [-0.3, -0.25) is 0 Å².